The highest BCUT2D eigenvalue weighted by Gasteiger charge is 2.17. The van der Waals surface area contributed by atoms with Gasteiger partial charge in [0.25, 0.3) is 5.91 Å². The lowest BCUT2D eigenvalue weighted by Crippen LogP contribution is -2.31. The number of aryl methyl sites for hydroxylation is 2. The fourth-order valence-corrected chi connectivity index (χ4v) is 2.71. The summed E-state index contributed by atoms with van der Waals surface area (Å²) in [5.41, 5.74) is 2.03. The van der Waals surface area contributed by atoms with Crippen molar-refractivity contribution in [2.75, 3.05) is 13.7 Å². The lowest BCUT2D eigenvalue weighted by molar-refractivity contribution is -0.133. The number of halogens is 1. The van der Waals surface area contributed by atoms with Crippen molar-refractivity contribution in [2.45, 2.75) is 13.5 Å². The molecule has 0 aliphatic carbocycles. The maximum atomic E-state index is 13.7. The molecule has 0 bridgehead atoms. The fraction of sp³-hybridized carbons (Fsp3) is 0.263. The van der Waals surface area contributed by atoms with Crippen molar-refractivity contribution in [3.63, 3.8) is 0 Å². The first kappa shape index (κ1) is 18.5. The number of nitrogens with zero attached hydrogens (tertiary/aromatic N) is 4. The molecule has 2 heterocycles. The molecule has 0 atom stereocenters. The smallest absolute Gasteiger partial charge is 0.340 e. The highest BCUT2D eigenvalue weighted by molar-refractivity contribution is 5.94. The molecule has 0 radical (unpaired) electrons. The van der Waals surface area contributed by atoms with Gasteiger partial charge in [-0.15, -0.1) is 0 Å². The number of pyridine rings is 1. The van der Waals surface area contributed by atoms with Crippen LogP contribution in [-0.2, 0) is 23.1 Å². The van der Waals surface area contributed by atoms with Crippen LogP contribution in [0.1, 0.15) is 21.6 Å². The Bertz CT molecular complexity index is 1020. The molecule has 0 saturated carbocycles. The van der Waals surface area contributed by atoms with E-state index < -0.39 is 18.5 Å². The maximum Gasteiger partial charge on any atom is 0.340 e. The third kappa shape index (κ3) is 3.94. The van der Waals surface area contributed by atoms with Crippen LogP contribution in [0.2, 0.25) is 0 Å². The lowest BCUT2D eigenvalue weighted by Gasteiger charge is -2.17. The van der Waals surface area contributed by atoms with E-state index in [0.29, 0.717) is 11.2 Å². The monoisotopic (exact) mass is 370 g/mol. The second-order valence-electron chi connectivity index (χ2n) is 6.22. The first-order chi connectivity index (χ1) is 12.9. The van der Waals surface area contributed by atoms with Crippen molar-refractivity contribution in [3.05, 3.63) is 59.2 Å². The summed E-state index contributed by atoms with van der Waals surface area (Å²) in [6, 6.07) is 7.84. The second kappa shape index (κ2) is 7.53. The normalized spacial score (nSPS) is 10.8. The van der Waals surface area contributed by atoms with Crippen molar-refractivity contribution in [1.82, 2.24) is 19.7 Å². The standard InChI is InChI=1S/C19H19FN4O3/c1-12-15-8-14(9-21-18(15)24(3)22-12)19(26)27-11-17(25)23(2)10-13-6-4-5-7-16(13)20/h4-9H,10-11H2,1-3H3. The van der Waals surface area contributed by atoms with Crippen LogP contribution >= 0.6 is 0 Å². The highest BCUT2D eigenvalue weighted by Crippen LogP contribution is 2.17. The van der Waals surface area contributed by atoms with Crippen molar-refractivity contribution >= 4 is 22.9 Å². The molecule has 3 rings (SSSR count). The van der Waals surface area contributed by atoms with Gasteiger partial charge in [0.05, 0.1) is 11.3 Å². The Morgan fingerprint density at radius 3 is 2.78 bits per heavy atom. The molecule has 0 fully saturated rings. The largest absolute Gasteiger partial charge is 0.452 e. The summed E-state index contributed by atoms with van der Waals surface area (Å²) in [6.07, 6.45) is 1.39. The van der Waals surface area contributed by atoms with Gasteiger partial charge in [-0.05, 0) is 19.1 Å². The molecule has 0 unspecified atom stereocenters. The van der Waals surface area contributed by atoms with E-state index in [1.807, 2.05) is 6.92 Å². The lowest BCUT2D eigenvalue weighted by atomic mass is 10.2. The maximum absolute atomic E-state index is 13.7. The first-order valence-corrected chi connectivity index (χ1v) is 8.30. The van der Waals surface area contributed by atoms with Gasteiger partial charge in [0.2, 0.25) is 0 Å². The molecule has 0 N–H and O–H groups in total. The Labute approximate surface area is 155 Å². The molecule has 140 valence electrons. The van der Waals surface area contributed by atoms with Crippen LogP contribution in [-0.4, -0.2) is 45.2 Å². The number of aromatic nitrogens is 3. The van der Waals surface area contributed by atoms with E-state index in [1.54, 1.807) is 36.0 Å². The summed E-state index contributed by atoms with van der Waals surface area (Å²) in [6.45, 7) is 1.47. The summed E-state index contributed by atoms with van der Waals surface area (Å²) in [7, 11) is 3.29. The predicted octanol–water partition coefficient (Wildman–Crippen LogP) is 2.23. The number of hydrogen-bond acceptors (Lipinski definition) is 5. The summed E-state index contributed by atoms with van der Waals surface area (Å²) >= 11 is 0. The Kier molecular flexibility index (Phi) is 5.16. The van der Waals surface area contributed by atoms with Gasteiger partial charge >= 0.3 is 5.97 Å². The van der Waals surface area contributed by atoms with Crippen molar-refractivity contribution in [2.24, 2.45) is 7.05 Å². The summed E-state index contributed by atoms with van der Waals surface area (Å²) < 4.78 is 20.4. The number of ether oxygens (including phenoxy) is 1. The molecular formula is C19H19FN4O3. The number of rotatable bonds is 5. The van der Waals surface area contributed by atoms with Crippen LogP contribution in [0.25, 0.3) is 11.0 Å². The number of amides is 1. The minimum absolute atomic E-state index is 0.0887. The molecule has 0 aliphatic rings. The zero-order valence-electron chi connectivity index (χ0n) is 15.3. The number of esters is 1. The van der Waals surface area contributed by atoms with E-state index in [4.69, 9.17) is 4.74 Å². The third-order valence-corrected chi connectivity index (χ3v) is 4.22. The summed E-state index contributed by atoms with van der Waals surface area (Å²) in [5.74, 6) is -1.47. The Balaban J connectivity index is 1.62. The molecule has 1 amide bonds. The van der Waals surface area contributed by atoms with E-state index in [2.05, 4.69) is 10.1 Å². The van der Waals surface area contributed by atoms with Crippen molar-refractivity contribution < 1.29 is 18.7 Å². The van der Waals surface area contributed by atoms with Gasteiger partial charge in [0.15, 0.2) is 12.3 Å². The molecule has 0 saturated heterocycles. The topological polar surface area (TPSA) is 77.3 Å². The third-order valence-electron chi connectivity index (χ3n) is 4.22. The number of fused-ring (bicyclic) bond motifs is 1. The molecule has 27 heavy (non-hydrogen) atoms. The Morgan fingerprint density at radius 2 is 2.04 bits per heavy atom. The molecule has 0 spiro atoms. The number of hydrogen-bond donors (Lipinski definition) is 0. The average Bonchev–Trinajstić information content (AvgIpc) is 2.94. The van der Waals surface area contributed by atoms with Crippen LogP contribution in [0.5, 0.6) is 0 Å². The van der Waals surface area contributed by atoms with E-state index in [0.717, 1.165) is 11.1 Å². The van der Waals surface area contributed by atoms with E-state index >= 15 is 0 Å². The number of benzene rings is 1. The minimum Gasteiger partial charge on any atom is -0.452 e. The van der Waals surface area contributed by atoms with Crippen LogP contribution in [0, 0.1) is 12.7 Å². The molecule has 7 nitrogen and oxygen atoms in total. The number of carbonyl (C=O) groups is 2. The SMILES string of the molecule is Cc1nn(C)c2ncc(C(=O)OCC(=O)N(C)Cc3ccccc3F)cc12. The average molecular weight is 370 g/mol. The zero-order chi connectivity index (χ0) is 19.6. The number of likely N-dealkylation sites (N-methyl/N-ethyl adjacent to an activating group) is 1. The first-order valence-electron chi connectivity index (χ1n) is 8.30. The van der Waals surface area contributed by atoms with Crippen molar-refractivity contribution in [1.29, 1.82) is 0 Å². The highest BCUT2D eigenvalue weighted by atomic mass is 19.1. The van der Waals surface area contributed by atoms with E-state index in [1.165, 1.54) is 24.2 Å². The fourth-order valence-electron chi connectivity index (χ4n) is 2.71. The van der Waals surface area contributed by atoms with Crippen LogP contribution in [0.4, 0.5) is 4.39 Å². The van der Waals surface area contributed by atoms with Gasteiger partial charge in [-0.3, -0.25) is 9.48 Å². The quantitative estimate of drug-likeness (QED) is 0.644. The van der Waals surface area contributed by atoms with Crippen LogP contribution in [0.3, 0.4) is 0 Å². The molecule has 8 heteroatoms. The molecular weight excluding hydrogens is 351 g/mol. The van der Waals surface area contributed by atoms with Crippen LogP contribution < -0.4 is 0 Å². The Hall–Kier alpha value is -3.29. The van der Waals surface area contributed by atoms with Crippen LogP contribution in [0.15, 0.2) is 36.5 Å². The van der Waals surface area contributed by atoms with Gasteiger partial charge in [-0.1, -0.05) is 18.2 Å². The zero-order valence-corrected chi connectivity index (χ0v) is 15.3. The molecule has 0 aliphatic heterocycles. The molecule has 3 aromatic rings. The minimum atomic E-state index is -0.653. The van der Waals surface area contributed by atoms with Gasteiger partial charge in [0, 0.05) is 37.8 Å². The van der Waals surface area contributed by atoms with E-state index in [9.17, 15) is 14.0 Å². The number of carbonyl (C=O) groups excluding carboxylic acids is 2. The van der Waals surface area contributed by atoms with Gasteiger partial charge in [-0.2, -0.15) is 5.10 Å². The van der Waals surface area contributed by atoms with E-state index in [-0.39, 0.29) is 17.9 Å². The summed E-state index contributed by atoms with van der Waals surface area (Å²) in [4.78, 5) is 29.9. The molecule has 1 aromatic carbocycles. The summed E-state index contributed by atoms with van der Waals surface area (Å²) in [5, 5.41) is 4.99. The van der Waals surface area contributed by atoms with Crippen molar-refractivity contribution in [3.8, 4) is 0 Å². The van der Waals surface area contributed by atoms with Gasteiger partial charge in [-0.25, -0.2) is 14.2 Å². The second-order valence-corrected chi connectivity index (χ2v) is 6.22. The Morgan fingerprint density at radius 1 is 1.30 bits per heavy atom. The van der Waals surface area contributed by atoms with Gasteiger partial charge in [0.1, 0.15) is 5.82 Å². The molecule has 2 aromatic heterocycles. The van der Waals surface area contributed by atoms with Gasteiger partial charge < -0.3 is 9.64 Å². The predicted molar refractivity (Wildman–Crippen MR) is 96.4 cm³/mol.